The van der Waals surface area contributed by atoms with Gasteiger partial charge in [-0.15, -0.1) is 0 Å². The Balaban J connectivity index is 1.54. The third-order valence-corrected chi connectivity index (χ3v) is 5.04. The van der Waals surface area contributed by atoms with Gasteiger partial charge in [0.25, 0.3) is 5.91 Å². The summed E-state index contributed by atoms with van der Waals surface area (Å²) in [5.74, 6) is -0.721. The van der Waals surface area contributed by atoms with Crippen molar-refractivity contribution in [1.29, 1.82) is 0 Å². The van der Waals surface area contributed by atoms with Crippen LogP contribution >= 0.6 is 0 Å². The number of amides is 1. The normalized spacial score (nSPS) is 15.0. The second kappa shape index (κ2) is 8.69. The Morgan fingerprint density at radius 2 is 1.72 bits per heavy atom. The maximum Gasteiger partial charge on any atom is 0.331 e. The number of likely N-dealkylation sites (tertiary alicyclic amines) is 1. The molecule has 0 aliphatic carbocycles. The number of fused-ring (bicyclic) bond motifs is 1. The van der Waals surface area contributed by atoms with E-state index in [0.29, 0.717) is 18.7 Å². The molecule has 0 spiro atoms. The molecule has 1 atom stereocenters. The maximum atomic E-state index is 12.9. The molecular weight excluding hydrogens is 364 g/mol. The molecule has 1 unspecified atom stereocenters. The van der Waals surface area contributed by atoms with E-state index in [1.807, 2.05) is 60.7 Å². The zero-order chi connectivity index (χ0) is 20.1. The minimum absolute atomic E-state index is 0.165. The minimum atomic E-state index is -0.933. The summed E-state index contributed by atoms with van der Waals surface area (Å²) >= 11 is 0. The molecule has 1 aliphatic rings. The number of rotatable bonds is 5. The standard InChI is InChI=1S/C24H22N2O3/c27-21(14-13-19-11-6-10-18-12-7-15-25-22(18)19)29-23(20-8-2-1-3-9-20)24(28)26-16-4-5-17-26/h1-3,6-15,23H,4-5,16-17H2/b14-13+. The first kappa shape index (κ1) is 18.9. The van der Waals surface area contributed by atoms with Gasteiger partial charge in [0.1, 0.15) is 0 Å². The molecule has 1 saturated heterocycles. The number of ether oxygens (including phenoxy) is 1. The molecule has 3 aromatic rings. The molecule has 1 fully saturated rings. The summed E-state index contributed by atoms with van der Waals surface area (Å²) in [5.41, 5.74) is 2.31. The van der Waals surface area contributed by atoms with E-state index in [9.17, 15) is 9.59 Å². The Labute approximate surface area is 169 Å². The lowest BCUT2D eigenvalue weighted by atomic mass is 10.1. The Morgan fingerprint density at radius 3 is 2.52 bits per heavy atom. The predicted octanol–water partition coefficient (Wildman–Crippen LogP) is 4.15. The number of benzene rings is 2. The van der Waals surface area contributed by atoms with Crippen molar-refractivity contribution in [3.63, 3.8) is 0 Å². The van der Waals surface area contributed by atoms with Crippen LogP contribution in [0.15, 0.2) is 72.9 Å². The number of pyridine rings is 1. The topological polar surface area (TPSA) is 59.5 Å². The van der Waals surface area contributed by atoms with Crippen molar-refractivity contribution < 1.29 is 14.3 Å². The van der Waals surface area contributed by atoms with Gasteiger partial charge in [0.15, 0.2) is 0 Å². The fraction of sp³-hybridized carbons (Fsp3) is 0.208. The van der Waals surface area contributed by atoms with E-state index in [1.54, 1.807) is 17.2 Å². The quantitative estimate of drug-likeness (QED) is 0.488. The number of para-hydroxylation sites is 1. The van der Waals surface area contributed by atoms with Crippen LogP contribution in [0.5, 0.6) is 0 Å². The monoisotopic (exact) mass is 386 g/mol. The number of aromatic nitrogens is 1. The van der Waals surface area contributed by atoms with Crippen molar-refractivity contribution in [1.82, 2.24) is 9.88 Å². The van der Waals surface area contributed by atoms with Crippen molar-refractivity contribution >= 4 is 28.9 Å². The van der Waals surface area contributed by atoms with Gasteiger partial charge in [-0.1, -0.05) is 54.6 Å². The summed E-state index contributed by atoms with van der Waals surface area (Å²) in [4.78, 5) is 31.7. The van der Waals surface area contributed by atoms with Gasteiger partial charge < -0.3 is 9.64 Å². The van der Waals surface area contributed by atoms with Crippen LogP contribution in [0.2, 0.25) is 0 Å². The first-order valence-electron chi connectivity index (χ1n) is 9.78. The summed E-state index contributed by atoms with van der Waals surface area (Å²) in [6.45, 7) is 1.41. The average molecular weight is 386 g/mol. The molecule has 0 N–H and O–H groups in total. The predicted molar refractivity (Wildman–Crippen MR) is 112 cm³/mol. The Kier molecular flexibility index (Phi) is 5.66. The van der Waals surface area contributed by atoms with Crippen molar-refractivity contribution in [2.75, 3.05) is 13.1 Å². The van der Waals surface area contributed by atoms with Gasteiger partial charge in [0, 0.05) is 41.9 Å². The van der Waals surface area contributed by atoms with Crippen molar-refractivity contribution in [2.45, 2.75) is 18.9 Å². The zero-order valence-corrected chi connectivity index (χ0v) is 16.0. The molecule has 2 aromatic carbocycles. The molecule has 0 radical (unpaired) electrons. The fourth-order valence-corrected chi connectivity index (χ4v) is 3.57. The summed E-state index contributed by atoms with van der Waals surface area (Å²) < 4.78 is 5.61. The van der Waals surface area contributed by atoms with Gasteiger partial charge in [-0.2, -0.15) is 0 Å². The van der Waals surface area contributed by atoms with E-state index >= 15 is 0 Å². The summed E-state index contributed by atoms with van der Waals surface area (Å²) in [6.07, 6.45) is 5.79. The van der Waals surface area contributed by atoms with E-state index in [2.05, 4.69) is 4.98 Å². The number of esters is 1. The molecule has 1 aromatic heterocycles. The second-order valence-electron chi connectivity index (χ2n) is 7.02. The molecule has 1 aliphatic heterocycles. The van der Waals surface area contributed by atoms with Crippen LogP contribution < -0.4 is 0 Å². The van der Waals surface area contributed by atoms with Gasteiger partial charge in [-0.05, 0) is 25.0 Å². The molecule has 0 bridgehead atoms. The molecule has 5 heteroatoms. The lowest BCUT2D eigenvalue weighted by molar-refractivity contribution is -0.156. The van der Waals surface area contributed by atoms with Crippen LogP contribution in [0.4, 0.5) is 0 Å². The molecule has 5 nitrogen and oxygen atoms in total. The van der Waals surface area contributed by atoms with Crippen molar-refractivity contribution in [3.8, 4) is 0 Å². The van der Waals surface area contributed by atoms with Crippen LogP contribution in [-0.4, -0.2) is 34.8 Å². The van der Waals surface area contributed by atoms with Crippen molar-refractivity contribution in [3.05, 3.63) is 84.1 Å². The Hall–Kier alpha value is -3.47. The zero-order valence-electron chi connectivity index (χ0n) is 16.0. The lowest BCUT2D eigenvalue weighted by Gasteiger charge is -2.23. The molecule has 4 rings (SSSR count). The highest BCUT2D eigenvalue weighted by molar-refractivity contribution is 5.94. The maximum absolute atomic E-state index is 12.9. The van der Waals surface area contributed by atoms with E-state index < -0.39 is 12.1 Å². The average Bonchev–Trinajstić information content (AvgIpc) is 3.31. The van der Waals surface area contributed by atoms with Crippen LogP contribution in [0, 0.1) is 0 Å². The molecule has 2 heterocycles. The molecule has 146 valence electrons. The minimum Gasteiger partial charge on any atom is -0.444 e. The highest BCUT2D eigenvalue weighted by Gasteiger charge is 2.30. The van der Waals surface area contributed by atoms with Crippen molar-refractivity contribution in [2.24, 2.45) is 0 Å². The summed E-state index contributed by atoms with van der Waals surface area (Å²) in [5, 5.41) is 0.995. The second-order valence-corrected chi connectivity index (χ2v) is 7.02. The van der Waals surface area contributed by atoms with E-state index in [4.69, 9.17) is 4.74 Å². The van der Waals surface area contributed by atoms with Crippen LogP contribution in [0.25, 0.3) is 17.0 Å². The Morgan fingerprint density at radius 1 is 0.966 bits per heavy atom. The molecule has 0 saturated carbocycles. The molecule has 29 heavy (non-hydrogen) atoms. The van der Waals surface area contributed by atoms with Crippen LogP contribution in [-0.2, 0) is 14.3 Å². The molecular formula is C24H22N2O3. The lowest BCUT2D eigenvalue weighted by Crippen LogP contribution is -2.34. The third-order valence-electron chi connectivity index (χ3n) is 5.04. The Bertz CT molecular complexity index is 1030. The number of carbonyl (C=O) groups excluding carboxylic acids is 2. The smallest absolute Gasteiger partial charge is 0.331 e. The van der Waals surface area contributed by atoms with E-state index in [0.717, 1.165) is 29.3 Å². The van der Waals surface area contributed by atoms with E-state index in [-0.39, 0.29) is 5.91 Å². The number of nitrogens with zero attached hydrogens (tertiary/aromatic N) is 2. The van der Waals surface area contributed by atoms with Gasteiger partial charge in [0.2, 0.25) is 6.10 Å². The van der Waals surface area contributed by atoms with Gasteiger partial charge in [0.05, 0.1) is 5.52 Å². The summed E-state index contributed by atoms with van der Waals surface area (Å²) in [7, 11) is 0. The van der Waals surface area contributed by atoms with Gasteiger partial charge >= 0.3 is 5.97 Å². The van der Waals surface area contributed by atoms with E-state index in [1.165, 1.54) is 6.08 Å². The third kappa shape index (κ3) is 4.35. The highest BCUT2D eigenvalue weighted by Crippen LogP contribution is 2.23. The van der Waals surface area contributed by atoms with Crippen LogP contribution in [0.1, 0.15) is 30.1 Å². The molecule has 1 amide bonds. The largest absolute Gasteiger partial charge is 0.444 e. The fourth-order valence-electron chi connectivity index (χ4n) is 3.57. The number of carbonyl (C=O) groups is 2. The highest BCUT2D eigenvalue weighted by atomic mass is 16.5. The number of hydrogen-bond acceptors (Lipinski definition) is 4. The number of hydrogen-bond donors (Lipinski definition) is 0. The van der Waals surface area contributed by atoms with Gasteiger partial charge in [-0.3, -0.25) is 9.78 Å². The van der Waals surface area contributed by atoms with Gasteiger partial charge in [-0.25, -0.2) is 4.79 Å². The first-order valence-corrected chi connectivity index (χ1v) is 9.78. The summed E-state index contributed by atoms with van der Waals surface area (Å²) in [6, 6.07) is 18.8. The SMILES string of the molecule is O=C(/C=C/c1cccc2cccnc12)OC(C(=O)N1CCCC1)c1ccccc1. The first-order chi connectivity index (χ1) is 14.2. The van der Waals surface area contributed by atoms with Crippen LogP contribution in [0.3, 0.4) is 0 Å².